The van der Waals surface area contributed by atoms with Crippen LogP contribution in [0.4, 0.5) is 0 Å². The molecular formula is C10H18N2O3S. The largest absolute Gasteiger partial charge is 0.339 e. The van der Waals surface area contributed by atoms with E-state index < -0.39 is 15.1 Å². The Bertz CT molecular complexity index is 376. The van der Waals surface area contributed by atoms with E-state index in [1.807, 2.05) is 0 Å². The molecule has 0 radical (unpaired) electrons. The first-order chi connectivity index (χ1) is 7.52. The van der Waals surface area contributed by atoms with E-state index >= 15 is 0 Å². The number of nitrogens with one attached hydrogen (secondary N) is 1. The van der Waals surface area contributed by atoms with Crippen molar-refractivity contribution in [3.05, 3.63) is 0 Å². The van der Waals surface area contributed by atoms with Crippen LogP contribution in [0, 0.1) is 0 Å². The predicted molar refractivity (Wildman–Crippen MR) is 60.9 cm³/mol. The van der Waals surface area contributed by atoms with E-state index in [0.717, 1.165) is 19.5 Å². The third-order valence-electron chi connectivity index (χ3n) is 3.51. The van der Waals surface area contributed by atoms with Crippen LogP contribution in [0.1, 0.15) is 19.3 Å². The van der Waals surface area contributed by atoms with Gasteiger partial charge in [0.25, 0.3) is 0 Å². The van der Waals surface area contributed by atoms with Crippen LogP contribution in [0.5, 0.6) is 0 Å². The molecule has 1 atom stereocenters. The molecule has 0 spiro atoms. The number of likely N-dealkylation sites (N-methyl/N-ethyl adjacent to an activating group) is 1. The van der Waals surface area contributed by atoms with Crippen molar-refractivity contribution in [3.63, 3.8) is 0 Å². The number of rotatable bonds is 2. The van der Waals surface area contributed by atoms with Crippen molar-refractivity contribution in [1.82, 2.24) is 10.2 Å². The van der Waals surface area contributed by atoms with Crippen LogP contribution < -0.4 is 5.32 Å². The molecule has 1 N–H and O–H groups in total. The molecule has 1 amide bonds. The molecule has 2 heterocycles. The molecule has 2 aliphatic rings. The van der Waals surface area contributed by atoms with Crippen molar-refractivity contribution in [2.45, 2.75) is 30.6 Å². The van der Waals surface area contributed by atoms with Gasteiger partial charge < -0.3 is 10.2 Å². The van der Waals surface area contributed by atoms with E-state index in [9.17, 15) is 13.2 Å². The summed E-state index contributed by atoms with van der Waals surface area (Å²) in [6.45, 7) is 1.55. The number of hydrogen-bond acceptors (Lipinski definition) is 4. The van der Waals surface area contributed by atoms with Crippen LogP contribution in [0.3, 0.4) is 0 Å². The molecule has 0 aromatic heterocycles. The fourth-order valence-electron chi connectivity index (χ4n) is 2.19. The van der Waals surface area contributed by atoms with Gasteiger partial charge in [-0.2, -0.15) is 0 Å². The Balaban J connectivity index is 2.07. The van der Waals surface area contributed by atoms with E-state index in [-0.39, 0.29) is 17.7 Å². The second kappa shape index (κ2) is 4.33. The Kier molecular flexibility index (Phi) is 3.21. The third-order valence-corrected chi connectivity index (χ3v) is 5.67. The lowest BCUT2D eigenvalue weighted by molar-refractivity contribution is -0.132. The number of sulfone groups is 1. The Hall–Kier alpha value is -0.620. The fourth-order valence-corrected chi connectivity index (χ4v) is 4.08. The van der Waals surface area contributed by atoms with Gasteiger partial charge in [-0.3, -0.25) is 4.79 Å². The summed E-state index contributed by atoms with van der Waals surface area (Å²) in [7, 11) is -1.49. The molecule has 92 valence electrons. The molecule has 0 aromatic carbocycles. The molecule has 0 aliphatic carbocycles. The zero-order valence-electron chi connectivity index (χ0n) is 9.48. The highest BCUT2D eigenvalue weighted by molar-refractivity contribution is 7.92. The summed E-state index contributed by atoms with van der Waals surface area (Å²) in [5.74, 6) is -0.0497. The quantitative estimate of drug-likeness (QED) is 0.705. The van der Waals surface area contributed by atoms with E-state index in [1.54, 1.807) is 11.9 Å². The Labute approximate surface area is 96.1 Å². The molecule has 16 heavy (non-hydrogen) atoms. The average molecular weight is 246 g/mol. The number of hydrogen-bond donors (Lipinski definition) is 1. The minimum absolute atomic E-state index is 0.167. The highest BCUT2D eigenvalue weighted by atomic mass is 32.2. The average Bonchev–Trinajstić information content (AvgIpc) is 2.13. The van der Waals surface area contributed by atoms with Crippen molar-refractivity contribution in [2.75, 3.05) is 25.9 Å². The molecule has 0 bridgehead atoms. The van der Waals surface area contributed by atoms with Crippen molar-refractivity contribution in [2.24, 2.45) is 0 Å². The number of carbonyl (C=O) groups is 1. The first-order valence-electron chi connectivity index (χ1n) is 5.71. The van der Waals surface area contributed by atoms with Gasteiger partial charge in [0, 0.05) is 20.1 Å². The van der Waals surface area contributed by atoms with Crippen molar-refractivity contribution in [3.8, 4) is 0 Å². The van der Waals surface area contributed by atoms with Crippen LogP contribution >= 0.6 is 0 Å². The molecule has 0 aromatic rings. The third kappa shape index (κ3) is 2.08. The summed E-state index contributed by atoms with van der Waals surface area (Å²) < 4.78 is 23.6. The van der Waals surface area contributed by atoms with E-state index in [4.69, 9.17) is 0 Å². The monoisotopic (exact) mass is 246 g/mol. The second-order valence-corrected chi connectivity index (χ2v) is 6.92. The predicted octanol–water partition coefficient (Wildman–Crippen LogP) is -0.616. The topological polar surface area (TPSA) is 66.5 Å². The maximum Gasteiger partial charge on any atom is 0.240 e. The Morgan fingerprint density at radius 3 is 2.50 bits per heavy atom. The van der Waals surface area contributed by atoms with E-state index in [0.29, 0.717) is 12.8 Å². The number of amides is 1. The molecule has 0 saturated carbocycles. The zero-order valence-corrected chi connectivity index (χ0v) is 10.3. The number of nitrogens with zero attached hydrogens (tertiary/aromatic N) is 1. The standard InChI is InChI=1S/C10H18N2O3S/c1-12(8-6-11-7-8)10(13)9-4-2-3-5-16(9,14)15/h8-9,11H,2-7H2,1H3. The Morgan fingerprint density at radius 2 is 2.00 bits per heavy atom. The first-order valence-corrected chi connectivity index (χ1v) is 7.43. The molecular weight excluding hydrogens is 228 g/mol. The molecule has 1 unspecified atom stereocenters. The molecule has 2 fully saturated rings. The second-order valence-electron chi connectivity index (χ2n) is 4.61. The molecule has 2 rings (SSSR count). The van der Waals surface area contributed by atoms with Gasteiger partial charge in [-0.1, -0.05) is 6.42 Å². The minimum Gasteiger partial charge on any atom is -0.339 e. The maximum atomic E-state index is 12.1. The molecule has 5 nitrogen and oxygen atoms in total. The minimum atomic E-state index is -3.20. The molecule has 2 aliphatic heterocycles. The number of carbonyl (C=O) groups excluding carboxylic acids is 1. The van der Waals surface area contributed by atoms with Gasteiger partial charge in [0.2, 0.25) is 5.91 Å². The smallest absolute Gasteiger partial charge is 0.240 e. The van der Waals surface area contributed by atoms with E-state index in [2.05, 4.69) is 5.32 Å². The summed E-state index contributed by atoms with van der Waals surface area (Å²) in [4.78, 5) is 13.7. The normalized spacial score (nSPS) is 29.4. The molecule has 2 saturated heterocycles. The van der Waals surface area contributed by atoms with Gasteiger partial charge in [0.05, 0.1) is 11.8 Å². The summed E-state index contributed by atoms with van der Waals surface area (Å²) in [5, 5.41) is 2.29. The fraction of sp³-hybridized carbons (Fsp3) is 0.900. The maximum absolute atomic E-state index is 12.1. The van der Waals surface area contributed by atoms with Crippen molar-refractivity contribution >= 4 is 15.7 Å². The van der Waals surface area contributed by atoms with E-state index in [1.165, 1.54) is 0 Å². The van der Waals surface area contributed by atoms with Gasteiger partial charge in [-0.15, -0.1) is 0 Å². The van der Waals surface area contributed by atoms with Crippen LogP contribution in [0.15, 0.2) is 0 Å². The van der Waals surface area contributed by atoms with Gasteiger partial charge in [-0.05, 0) is 12.8 Å². The Morgan fingerprint density at radius 1 is 1.31 bits per heavy atom. The van der Waals surface area contributed by atoms with Gasteiger partial charge in [0.1, 0.15) is 5.25 Å². The van der Waals surface area contributed by atoms with Gasteiger partial charge in [-0.25, -0.2) is 8.42 Å². The summed E-state index contributed by atoms with van der Waals surface area (Å²) in [6, 6.07) is 0.171. The van der Waals surface area contributed by atoms with Gasteiger partial charge in [0.15, 0.2) is 9.84 Å². The highest BCUT2D eigenvalue weighted by Gasteiger charge is 2.38. The van der Waals surface area contributed by atoms with Gasteiger partial charge >= 0.3 is 0 Å². The lowest BCUT2D eigenvalue weighted by atomic mass is 10.1. The van der Waals surface area contributed by atoms with Crippen LogP contribution in [0.25, 0.3) is 0 Å². The van der Waals surface area contributed by atoms with Crippen LogP contribution in [-0.2, 0) is 14.6 Å². The van der Waals surface area contributed by atoms with Crippen LogP contribution in [0.2, 0.25) is 0 Å². The van der Waals surface area contributed by atoms with Crippen molar-refractivity contribution < 1.29 is 13.2 Å². The SMILES string of the molecule is CN(C(=O)C1CCCCS1(=O)=O)C1CNC1. The van der Waals surface area contributed by atoms with Crippen molar-refractivity contribution in [1.29, 1.82) is 0 Å². The lowest BCUT2D eigenvalue weighted by Crippen LogP contribution is -2.60. The van der Waals surface area contributed by atoms with Crippen LogP contribution in [-0.4, -0.2) is 56.4 Å². The highest BCUT2D eigenvalue weighted by Crippen LogP contribution is 2.22. The zero-order chi connectivity index (χ0) is 11.8. The first kappa shape index (κ1) is 11.9. The lowest BCUT2D eigenvalue weighted by Gasteiger charge is -2.37. The summed E-state index contributed by atoms with van der Waals surface area (Å²) in [6.07, 6.45) is 2.03. The summed E-state index contributed by atoms with van der Waals surface area (Å²) in [5.41, 5.74) is 0. The summed E-state index contributed by atoms with van der Waals surface area (Å²) >= 11 is 0. The molecule has 6 heteroatoms.